The molecule has 34 heavy (non-hydrogen) atoms. The van der Waals surface area contributed by atoms with Gasteiger partial charge in [0.05, 0.1) is 42.7 Å². The van der Waals surface area contributed by atoms with E-state index in [4.69, 9.17) is 21.1 Å². The number of nitrogens with zero attached hydrogens (tertiary/aromatic N) is 4. The second-order valence-corrected chi connectivity index (χ2v) is 10.2. The average molecular weight is 486 g/mol. The van der Waals surface area contributed by atoms with Gasteiger partial charge in [-0.3, -0.25) is 9.48 Å². The summed E-state index contributed by atoms with van der Waals surface area (Å²) in [7, 11) is 1.88. The van der Waals surface area contributed by atoms with E-state index in [0.29, 0.717) is 37.7 Å². The lowest BCUT2D eigenvalue weighted by Crippen LogP contribution is -2.51. The lowest BCUT2D eigenvalue weighted by atomic mass is 9.70. The molecule has 1 aliphatic carbocycles. The molecule has 2 amide bonds. The zero-order valence-electron chi connectivity index (χ0n) is 19.1. The Hall–Kier alpha value is -2.78. The molecule has 3 fully saturated rings. The summed E-state index contributed by atoms with van der Waals surface area (Å²) in [5.74, 6) is 0.337. The van der Waals surface area contributed by atoms with Crippen LogP contribution in [0.4, 0.5) is 10.5 Å². The number of aromatic nitrogens is 2. The number of anilines is 1. The fourth-order valence-corrected chi connectivity index (χ4v) is 6.15. The fraction of sp³-hybridized carbons (Fsp3) is 0.542. The number of carbonyl (C=O) groups excluding carboxylic acids is 2. The van der Waals surface area contributed by atoms with Gasteiger partial charge in [-0.05, 0) is 42.5 Å². The Kier molecular flexibility index (Phi) is 5.22. The lowest BCUT2D eigenvalue weighted by molar-refractivity contribution is -0.0555. The van der Waals surface area contributed by atoms with Crippen LogP contribution in [-0.2, 0) is 22.9 Å². The highest BCUT2D eigenvalue weighted by Crippen LogP contribution is 2.46. The summed E-state index contributed by atoms with van der Waals surface area (Å²) < 4.78 is 12.8. The predicted molar refractivity (Wildman–Crippen MR) is 125 cm³/mol. The normalized spacial score (nSPS) is 28.2. The number of amides is 2. The molecule has 180 valence electrons. The van der Waals surface area contributed by atoms with Crippen LogP contribution < -0.4 is 10.2 Å². The highest BCUT2D eigenvalue weighted by molar-refractivity contribution is 6.31. The van der Waals surface area contributed by atoms with Crippen LogP contribution in [0.5, 0.6) is 0 Å². The Labute approximate surface area is 202 Å². The number of alkyl carbamates (subject to hydrolysis) is 1. The lowest BCUT2D eigenvalue weighted by Gasteiger charge is -2.44. The van der Waals surface area contributed by atoms with E-state index in [1.54, 1.807) is 10.9 Å². The highest BCUT2D eigenvalue weighted by Gasteiger charge is 2.52. The number of benzene rings is 1. The molecular formula is C24H28ClN5O4. The molecular weight excluding hydrogens is 458 g/mol. The summed E-state index contributed by atoms with van der Waals surface area (Å²) >= 11 is 6.46. The van der Waals surface area contributed by atoms with Gasteiger partial charge in [0.1, 0.15) is 5.60 Å². The van der Waals surface area contributed by atoms with Crippen molar-refractivity contribution in [3.05, 3.63) is 46.2 Å². The van der Waals surface area contributed by atoms with Crippen LogP contribution in [0.2, 0.25) is 5.02 Å². The molecule has 2 aromatic rings. The van der Waals surface area contributed by atoms with E-state index in [1.807, 2.05) is 24.1 Å². The van der Waals surface area contributed by atoms with Gasteiger partial charge < -0.3 is 24.6 Å². The molecule has 3 aliphatic heterocycles. The molecule has 1 saturated carbocycles. The minimum Gasteiger partial charge on any atom is -0.441 e. The van der Waals surface area contributed by atoms with E-state index in [9.17, 15) is 9.59 Å². The van der Waals surface area contributed by atoms with E-state index < -0.39 is 5.60 Å². The quantitative estimate of drug-likeness (QED) is 0.700. The van der Waals surface area contributed by atoms with Crippen molar-refractivity contribution in [2.75, 3.05) is 44.3 Å². The Bertz CT molecular complexity index is 1120. The van der Waals surface area contributed by atoms with Crippen molar-refractivity contribution in [3.63, 3.8) is 0 Å². The van der Waals surface area contributed by atoms with Crippen LogP contribution in [-0.4, -0.2) is 71.7 Å². The zero-order valence-corrected chi connectivity index (χ0v) is 19.9. The third kappa shape index (κ3) is 3.62. The number of nitrogens with one attached hydrogen (secondary N) is 1. The summed E-state index contributed by atoms with van der Waals surface area (Å²) in [5.41, 5.74) is 3.41. The number of hydrogen-bond donors (Lipinski definition) is 1. The van der Waals surface area contributed by atoms with Gasteiger partial charge in [-0.2, -0.15) is 5.10 Å². The Balaban J connectivity index is 1.29. The molecule has 1 aromatic carbocycles. The number of carbonyl (C=O) groups is 2. The SMILES string of the molecule is Cn1ncc(Cl)c1CC1c2cc(N3CCOCC3)ccc2C(=O)N1CC1CC2(CNC(=O)O2)C1. The fourth-order valence-electron chi connectivity index (χ4n) is 5.91. The van der Waals surface area contributed by atoms with Gasteiger partial charge in [0, 0.05) is 44.4 Å². The standard InChI is InChI=1S/C24H28ClN5O4/c1-28-21(19(25)12-27-28)9-20-18-8-16(29-4-6-33-7-5-29)2-3-17(18)22(31)30(20)13-15-10-24(11-15)14-26-23(32)34-24/h2-3,8,12,15,20H,4-7,9-11,13-14H2,1H3,(H,26,32). The number of aryl methyl sites for hydroxylation is 1. The van der Waals surface area contributed by atoms with Crippen molar-refractivity contribution in [1.82, 2.24) is 20.0 Å². The van der Waals surface area contributed by atoms with Gasteiger partial charge in [-0.1, -0.05) is 11.6 Å². The first-order valence-electron chi connectivity index (χ1n) is 11.8. The summed E-state index contributed by atoms with van der Waals surface area (Å²) in [6, 6.07) is 6.04. The van der Waals surface area contributed by atoms with Gasteiger partial charge in [0.2, 0.25) is 0 Å². The van der Waals surface area contributed by atoms with Crippen LogP contribution in [0.25, 0.3) is 0 Å². The molecule has 1 atom stereocenters. The van der Waals surface area contributed by atoms with Crippen LogP contribution >= 0.6 is 11.6 Å². The molecule has 1 unspecified atom stereocenters. The second kappa shape index (κ2) is 8.16. The molecule has 1 N–H and O–H groups in total. The van der Waals surface area contributed by atoms with Crippen LogP contribution in [0.3, 0.4) is 0 Å². The largest absolute Gasteiger partial charge is 0.441 e. The average Bonchev–Trinajstić information content (AvgIpc) is 3.45. The number of fused-ring (bicyclic) bond motifs is 1. The first-order chi connectivity index (χ1) is 16.4. The first kappa shape index (κ1) is 21.7. The second-order valence-electron chi connectivity index (χ2n) is 9.81. The van der Waals surface area contributed by atoms with Crippen molar-refractivity contribution >= 4 is 29.3 Å². The predicted octanol–water partition coefficient (Wildman–Crippen LogP) is 2.54. The van der Waals surface area contributed by atoms with Crippen molar-refractivity contribution in [1.29, 1.82) is 0 Å². The van der Waals surface area contributed by atoms with Gasteiger partial charge >= 0.3 is 6.09 Å². The Morgan fingerprint density at radius 3 is 2.71 bits per heavy atom. The van der Waals surface area contributed by atoms with Crippen LogP contribution in [0.1, 0.15) is 40.5 Å². The molecule has 1 aromatic heterocycles. The summed E-state index contributed by atoms with van der Waals surface area (Å²) in [6.07, 6.45) is 3.44. The number of ether oxygens (including phenoxy) is 2. The van der Waals surface area contributed by atoms with Crippen molar-refractivity contribution in [2.45, 2.75) is 30.9 Å². The van der Waals surface area contributed by atoms with E-state index in [1.165, 1.54) is 0 Å². The number of rotatable bonds is 5. The monoisotopic (exact) mass is 485 g/mol. The van der Waals surface area contributed by atoms with Crippen molar-refractivity contribution in [2.24, 2.45) is 13.0 Å². The molecule has 0 radical (unpaired) electrons. The molecule has 1 spiro atoms. The van der Waals surface area contributed by atoms with Crippen molar-refractivity contribution in [3.8, 4) is 0 Å². The molecule has 2 saturated heterocycles. The van der Waals surface area contributed by atoms with Crippen LogP contribution in [0, 0.1) is 5.92 Å². The molecule has 4 heterocycles. The molecule has 6 rings (SSSR count). The van der Waals surface area contributed by atoms with Gasteiger partial charge in [0.15, 0.2) is 0 Å². The van der Waals surface area contributed by atoms with E-state index in [0.717, 1.165) is 48.4 Å². The van der Waals surface area contributed by atoms with E-state index in [2.05, 4.69) is 21.4 Å². The smallest absolute Gasteiger partial charge is 0.407 e. The van der Waals surface area contributed by atoms with Gasteiger partial charge in [-0.25, -0.2) is 4.79 Å². The zero-order chi connectivity index (χ0) is 23.4. The molecule has 0 bridgehead atoms. The van der Waals surface area contributed by atoms with E-state index in [-0.39, 0.29) is 24.0 Å². The first-order valence-corrected chi connectivity index (χ1v) is 12.2. The maximum Gasteiger partial charge on any atom is 0.407 e. The maximum atomic E-state index is 13.6. The minimum absolute atomic E-state index is 0.0503. The summed E-state index contributed by atoms with van der Waals surface area (Å²) in [5, 5.41) is 7.67. The third-order valence-corrected chi connectivity index (χ3v) is 7.99. The topological polar surface area (TPSA) is 88.9 Å². The van der Waals surface area contributed by atoms with Gasteiger partial charge in [0.25, 0.3) is 5.91 Å². The Morgan fingerprint density at radius 2 is 2.03 bits per heavy atom. The minimum atomic E-state index is -0.401. The number of halogens is 1. The molecule has 9 nitrogen and oxygen atoms in total. The number of hydrogen-bond acceptors (Lipinski definition) is 6. The van der Waals surface area contributed by atoms with Crippen molar-refractivity contribution < 1.29 is 19.1 Å². The number of morpholine rings is 1. The molecule has 4 aliphatic rings. The summed E-state index contributed by atoms with van der Waals surface area (Å²) in [4.78, 5) is 29.4. The highest BCUT2D eigenvalue weighted by atomic mass is 35.5. The summed E-state index contributed by atoms with van der Waals surface area (Å²) in [6.45, 7) is 4.27. The molecule has 10 heteroatoms. The Morgan fingerprint density at radius 1 is 1.24 bits per heavy atom. The van der Waals surface area contributed by atoms with Gasteiger partial charge in [-0.15, -0.1) is 0 Å². The maximum absolute atomic E-state index is 13.6. The van der Waals surface area contributed by atoms with E-state index >= 15 is 0 Å². The third-order valence-electron chi connectivity index (χ3n) is 7.68. The van der Waals surface area contributed by atoms with Crippen LogP contribution in [0.15, 0.2) is 24.4 Å².